The number of hydrogen-bond acceptors (Lipinski definition) is 4. The number of aliphatic hydroxyl groups excluding tert-OH is 1. The molecular weight excluding hydrogens is 204 g/mol. The largest absolute Gasteiger partial charge is 0.390 e. The highest BCUT2D eigenvalue weighted by molar-refractivity contribution is 7.91. The van der Waals surface area contributed by atoms with Crippen LogP contribution in [0.4, 0.5) is 0 Å². The summed E-state index contributed by atoms with van der Waals surface area (Å²) in [5.74, 6) is 0.249. The van der Waals surface area contributed by atoms with E-state index in [1.807, 2.05) is 0 Å². The molecule has 5 nitrogen and oxygen atoms in total. The number of sulfone groups is 1. The van der Waals surface area contributed by atoms with E-state index in [0.29, 0.717) is 24.2 Å². The molecule has 1 atom stereocenters. The maximum atomic E-state index is 11.5. The normalized spacial score (nSPS) is 25.4. The first-order valence-corrected chi connectivity index (χ1v) is 6.21. The molecule has 1 unspecified atom stereocenters. The van der Waals surface area contributed by atoms with Gasteiger partial charge in [0.1, 0.15) is 5.25 Å². The maximum absolute atomic E-state index is 11.5. The zero-order valence-electron chi connectivity index (χ0n) is 7.60. The minimum Gasteiger partial charge on any atom is -0.390 e. The van der Waals surface area contributed by atoms with Crippen molar-refractivity contribution >= 4 is 9.84 Å². The fraction of sp³-hybridized carbons (Fsp3) is 0.625. The summed E-state index contributed by atoms with van der Waals surface area (Å²) >= 11 is 0. The molecule has 1 aromatic heterocycles. The minimum absolute atomic E-state index is 0.139. The van der Waals surface area contributed by atoms with E-state index in [2.05, 4.69) is 10.2 Å². The average Bonchev–Trinajstić information content (AvgIpc) is 2.70. The first-order valence-electron chi connectivity index (χ1n) is 4.50. The number of rotatable bonds is 2. The van der Waals surface area contributed by atoms with Gasteiger partial charge in [-0.15, -0.1) is 0 Å². The van der Waals surface area contributed by atoms with Gasteiger partial charge in [0.15, 0.2) is 9.84 Å². The Morgan fingerprint density at radius 2 is 2.43 bits per heavy atom. The molecule has 0 bridgehead atoms. The Kier molecular flexibility index (Phi) is 2.32. The molecule has 0 spiro atoms. The molecule has 2 heterocycles. The first kappa shape index (κ1) is 9.67. The van der Waals surface area contributed by atoms with Crippen LogP contribution in [-0.4, -0.2) is 29.5 Å². The van der Waals surface area contributed by atoms with Gasteiger partial charge in [-0.05, 0) is 18.9 Å². The van der Waals surface area contributed by atoms with Crippen molar-refractivity contribution in [2.45, 2.75) is 24.7 Å². The van der Waals surface area contributed by atoms with Gasteiger partial charge < -0.3 is 5.11 Å². The molecule has 1 aliphatic rings. The lowest BCUT2D eigenvalue weighted by molar-refractivity contribution is 0.276. The minimum atomic E-state index is -3.00. The Bertz CT molecular complexity index is 424. The van der Waals surface area contributed by atoms with Gasteiger partial charge in [0.05, 0.1) is 23.7 Å². The average molecular weight is 216 g/mol. The van der Waals surface area contributed by atoms with Crippen molar-refractivity contribution in [2.24, 2.45) is 0 Å². The van der Waals surface area contributed by atoms with Gasteiger partial charge in [-0.25, -0.2) is 8.42 Å². The number of nitrogens with zero attached hydrogens (tertiary/aromatic N) is 1. The molecule has 6 heteroatoms. The molecular formula is C8H12N2O3S. The van der Waals surface area contributed by atoms with Crippen LogP contribution in [-0.2, 0) is 16.4 Å². The van der Waals surface area contributed by atoms with Crippen LogP contribution >= 0.6 is 0 Å². The van der Waals surface area contributed by atoms with Gasteiger partial charge in [-0.1, -0.05) is 0 Å². The van der Waals surface area contributed by atoms with Crippen LogP contribution in [0, 0.1) is 0 Å². The lowest BCUT2D eigenvalue weighted by Gasteiger charge is -2.03. The van der Waals surface area contributed by atoms with Gasteiger partial charge in [-0.2, -0.15) is 5.10 Å². The van der Waals surface area contributed by atoms with Crippen molar-refractivity contribution in [3.63, 3.8) is 0 Å². The first-order chi connectivity index (χ1) is 6.63. The Morgan fingerprint density at radius 1 is 1.64 bits per heavy atom. The predicted molar refractivity (Wildman–Crippen MR) is 50.3 cm³/mol. The van der Waals surface area contributed by atoms with Gasteiger partial charge in [0, 0.05) is 0 Å². The number of aliphatic hydroxyl groups is 1. The zero-order valence-corrected chi connectivity index (χ0v) is 8.42. The molecule has 14 heavy (non-hydrogen) atoms. The lowest BCUT2D eigenvalue weighted by Crippen LogP contribution is -2.08. The monoisotopic (exact) mass is 216 g/mol. The summed E-state index contributed by atoms with van der Waals surface area (Å²) in [7, 11) is -3.00. The number of nitrogens with one attached hydrogen (secondary N) is 1. The number of aromatic amines is 1. The van der Waals surface area contributed by atoms with Gasteiger partial charge in [0.25, 0.3) is 0 Å². The molecule has 2 rings (SSSR count). The van der Waals surface area contributed by atoms with Crippen LogP contribution in [0.2, 0.25) is 0 Å². The van der Waals surface area contributed by atoms with Crippen LogP contribution in [0.25, 0.3) is 0 Å². The van der Waals surface area contributed by atoms with E-state index in [1.54, 1.807) is 6.07 Å². The SMILES string of the molecule is O=S1(=O)CCCC1c1cc(CO)[nH]n1. The predicted octanol–water partition coefficient (Wildman–Crippen LogP) is 0.152. The van der Waals surface area contributed by atoms with Crippen molar-refractivity contribution in [3.05, 3.63) is 17.5 Å². The lowest BCUT2D eigenvalue weighted by atomic mass is 10.2. The van der Waals surface area contributed by atoms with Crippen molar-refractivity contribution < 1.29 is 13.5 Å². The molecule has 2 N–H and O–H groups in total. The Labute approximate surface area is 82.1 Å². The Balaban J connectivity index is 2.31. The molecule has 1 aromatic rings. The summed E-state index contributed by atoms with van der Waals surface area (Å²) < 4.78 is 23.1. The second-order valence-corrected chi connectivity index (χ2v) is 5.78. The summed E-state index contributed by atoms with van der Waals surface area (Å²) in [5.41, 5.74) is 1.09. The second-order valence-electron chi connectivity index (χ2n) is 3.47. The number of aromatic nitrogens is 2. The molecule has 0 aromatic carbocycles. The third kappa shape index (κ3) is 1.55. The van der Waals surface area contributed by atoms with Crippen LogP contribution in [0.1, 0.15) is 29.5 Å². The zero-order chi connectivity index (χ0) is 10.2. The summed E-state index contributed by atoms with van der Waals surface area (Å²) in [5, 5.41) is 14.8. The summed E-state index contributed by atoms with van der Waals surface area (Å²) in [6.45, 7) is -0.139. The van der Waals surface area contributed by atoms with Crippen LogP contribution in [0.5, 0.6) is 0 Å². The molecule has 0 saturated carbocycles. The number of H-pyrrole nitrogens is 1. The van der Waals surface area contributed by atoms with Crippen LogP contribution in [0.15, 0.2) is 6.07 Å². The highest BCUT2D eigenvalue weighted by Crippen LogP contribution is 2.33. The van der Waals surface area contributed by atoms with Gasteiger partial charge in [-0.3, -0.25) is 5.10 Å². The molecule has 0 aliphatic carbocycles. The standard InChI is InChI=1S/C8H12N2O3S/c11-5-6-4-7(10-9-6)8-2-1-3-14(8,12)13/h4,8,11H,1-3,5H2,(H,9,10). The Hall–Kier alpha value is -0.880. The van der Waals surface area contributed by atoms with E-state index in [-0.39, 0.29) is 12.4 Å². The van der Waals surface area contributed by atoms with Crippen molar-refractivity contribution in [1.82, 2.24) is 10.2 Å². The number of hydrogen-bond donors (Lipinski definition) is 2. The molecule has 1 aliphatic heterocycles. The fourth-order valence-corrected chi connectivity index (χ4v) is 3.62. The maximum Gasteiger partial charge on any atom is 0.158 e. The van der Waals surface area contributed by atoms with E-state index in [1.165, 1.54) is 0 Å². The second kappa shape index (κ2) is 3.36. The van der Waals surface area contributed by atoms with E-state index >= 15 is 0 Å². The molecule has 1 fully saturated rings. The quantitative estimate of drug-likeness (QED) is 0.737. The van der Waals surface area contributed by atoms with E-state index in [4.69, 9.17) is 5.11 Å². The summed E-state index contributed by atoms with van der Waals surface area (Å²) in [6.07, 6.45) is 1.34. The van der Waals surface area contributed by atoms with E-state index in [0.717, 1.165) is 0 Å². The fourth-order valence-electron chi connectivity index (χ4n) is 1.75. The Morgan fingerprint density at radius 3 is 2.93 bits per heavy atom. The third-order valence-electron chi connectivity index (χ3n) is 2.48. The van der Waals surface area contributed by atoms with E-state index in [9.17, 15) is 8.42 Å². The van der Waals surface area contributed by atoms with Gasteiger partial charge in [0.2, 0.25) is 0 Å². The molecule has 1 saturated heterocycles. The highest BCUT2D eigenvalue weighted by atomic mass is 32.2. The van der Waals surface area contributed by atoms with E-state index < -0.39 is 15.1 Å². The molecule has 0 amide bonds. The van der Waals surface area contributed by atoms with Crippen molar-refractivity contribution in [3.8, 4) is 0 Å². The highest BCUT2D eigenvalue weighted by Gasteiger charge is 2.34. The summed E-state index contributed by atoms with van der Waals surface area (Å²) in [4.78, 5) is 0. The summed E-state index contributed by atoms with van der Waals surface area (Å²) in [6, 6.07) is 1.62. The third-order valence-corrected chi connectivity index (χ3v) is 4.68. The van der Waals surface area contributed by atoms with Gasteiger partial charge >= 0.3 is 0 Å². The smallest absolute Gasteiger partial charge is 0.158 e. The molecule has 78 valence electrons. The van der Waals surface area contributed by atoms with Crippen LogP contribution < -0.4 is 0 Å². The topological polar surface area (TPSA) is 83.0 Å². The molecule has 0 radical (unpaired) electrons. The van der Waals surface area contributed by atoms with Crippen molar-refractivity contribution in [1.29, 1.82) is 0 Å². The van der Waals surface area contributed by atoms with Crippen molar-refractivity contribution in [2.75, 3.05) is 5.75 Å². The van der Waals surface area contributed by atoms with Crippen LogP contribution in [0.3, 0.4) is 0 Å².